The molecule has 0 bridgehead atoms. The zero-order valence-corrected chi connectivity index (χ0v) is 14.2. The molecule has 0 aliphatic heterocycles. The molecule has 0 N–H and O–H groups in total. The third kappa shape index (κ3) is 2.73. The number of rotatable bonds is 1. The quantitative estimate of drug-likeness (QED) is 0.263. The third-order valence-corrected chi connectivity index (χ3v) is 2.26. The number of halogens is 5. The molecule has 10 heteroatoms. The van der Waals surface area contributed by atoms with Crippen molar-refractivity contribution in [3.05, 3.63) is 29.1 Å². The van der Waals surface area contributed by atoms with Gasteiger partial charge in [-0.05, 0) is 0 Å². The van der Waals surface area contributed by atoms with Gasteiger partial charge in [-0.15, -0.1) is 17.9 Å². The van der Waals surface area contributed by atoms with Gasteiger partial charge < -0.3 is 0 Å². The number of nitriles is 3. The Morgan fingerprint density at radius 3 is 1.16 bits per heavy atom. The average Bonchev–Trinajstić information content (AvgIpc) is 2.39. The Morgan fingerprint density at radius 2 is 0.895 bits per heavy atom. The summed E-state index contributed by atoms with van der Waals surface area (Å²) in [4.78, 5) is 0. The Kier molecular flexibility index (Phi) is 6.31. The van der Waals surface area contributed by atoms with Gasteiger partial charge in [-0.3, -0.25) is 0 Å². The van der Waals surface area contributed by atoms with Crippen molar-refractivity contribution in [1.29, 1.82) is 15.8 Å². The fraction of sp³-hybridized carbons (Fsp3) is 0. The van der Waals surface area contributed by atoms with Gasteiger partial charge in [0.2, 0.25) is 0 Å². The van der Waals surface area contributed by atoms with Crippen LogP contribution in [0, 0.1) is 62.8 Å². The summed E-state index contributed by atoms with van der Waals surface area (Å²) >= 11 is 0. The van der Waals surface area contributed by atoms with Crippen LogP contribution in [0.4, 0.5) is 22.0 Å². The predicted molar refractivity (Wildman–Crippen MR) is 48.5 cm³/mol. The van der Waals surface area contributed by atoms with Gasteiger partial charge >= 0.3 is 64.3 Å². The minimum Gasteiger partial charge on any atom is -0.246 e. The zero-order chi connectivity index (χ0) is 14.1. The molecule has 0 amide bonds. The van der Waals surface area contributed by atoms with E-state index in [4.69, 9.17) is 15.8 Å². The second kappa shape index (κ2) is 6.58. The van der Waals surface area contributed by atoms with Gasteiger partial charge in [0.05, 0.1) is 0 Å². The Hall–Kier alpha value is -0.790. The molecule has 0 spiro atoms. The first-order chi connectivity index (χ1) is 8.36. The van der Waals surface area contributed by atoms with Gasteiger partial charge in [-0.1, -0.05) is 5.46 Å². The van der Waals surface area contributed by atoms with Crippen LogP contribution < -0.4 is 63.7 Å². The van der Waals surface area contributed by atoms with E-state index in [9.17, 15) is 22.0 Å². The second-order valence-corrected chi connectivity index (χ2v) is 3.24. The SMILES string of the molecule is N#C[B-](C#N)(C#N)c1c(F)c(F)c(F)c(F)c1F.[Rb+]. The summed E-state index contributed by atoms with van der Waals surface area (Å²) < 4.78 is 65.1. The summed E-state index contributed by atoms with van der Waals surface area (Å²) in [5, 5.41) is 25.8. The molecule has 3 nitrogen and oxygen atoms in total. The van der Waals surface area contributed by atoms with Gasteiger partial charge in [0.25, 0.3) is 0 Å². The molecular formula is C9BF5N3Rb. The van der Waals surface area contributed by atoms with Crippen molar-refractivity contribution < 1.29 is 80.1 Å². The maximum atomic E-state index is 13.3. The molecule has 1 rings (SSSR count). The fourth-order valence-corrected chi connectivity index (χ4v) is 1.28. The van der Waals surface area contributed by atoms with Crippen molar-refractivity contribution in [2.24, 2.45) is 0 Å². The van der Waals surface area contributed by atoms with Crippen LogP contribution in [0.15, 0.2) is 0 Å². The van der Waals surface area contributed by atoms with E-state index in [1.54, 1.807) is 0 Å². The Labute approximate surface area is 152 Å². The summed E-state index contributed by atoms with van der Waals surface area (Å²) in [6.45, 7) is 0. The Balaban J connectivity index is 0.00000324. The van der Waals surface area contributed by atoms with Gasteiger partial charge in [-0.2, -0.15) is 0 Å². The monoisotopic (exact) mass is 341 g/mol. The van der Waals surface area contributed by atoms with E-state index in [2.05, 4.69) is 0 Å². The molecule has 1 aromatic rings. The van der Waals surface area contributed by atoms with E-state index in [0.29, 0.717) is 0 Å². The first-order valence-corrected chi connectivity index (χ1v) is 4.27. The second-order valence-electron chi connectivity index (χ2n) is 3.24. The van der Waals surface area contributed by atoms with E-state index < -0.39 is 40.7 Å². The molecule has 0 aliphatic carbocycles. The smallest absolute Gasteiger partial charge is 0.246 e. The number of benzene rings is 1. The van der Waals surface area contributed by atoms with Crippen LogP contribution in [0.3, 0.4) is 0 Å². The third-order valence-electron chi connectivity index (χ3n) is 2.26. The van der Waals surface area contributed by atoms with Crippen molar-refractivity contribution in [3.63, 3.8) is 0 Å². The summed E-state index contributed by atoms with van der Waals surface area (Å²) in [6.07, 6.45) is -3.85. The minimum absolute atomic E-state index is 0. The van der Waals surface area contributed by atoms with E-state index >= 15 is 0 Å². The van der Waals surface area contributed by atoms with Crippen LogP contribution in [0.25, 0.3) is 0 Å². The number of hydrogen-bond acceptors (Lipinski definition) is 3. The van der Waals surface area contributed by atoms with Gasteiger partial charge in [0.15, 0.2) is 17.5 Å². The summed E-state index contributed by atoms with van der Waals surface area (Å²) in [5.41, 5.74) is -1.71. The Morgan fingerprint density at radius 1 is 0.632 bits per heavy atom. The molecule has 0 saturated carbocycles. The van der Waals surface area contributed by atoms with E-state index in [0.717, 1.165) is 17.9 Å². The first kappa shape index (κ1) is 18.2. The van der Waals surface area contributed by atoms with Crippen molar-refractivity contribution in [3.8, 4) is 17.9 Å². The molecule has 0 aliphatic rings. The fourth-order valence-electron chi connectivity index (χ4n) is 1.28. The van der Waals surface area contributed by atoms with Crippen LogP contribution in [-0.4, -0.2) is 6.15 Å². The van der Waals surface area contributed by atoms with Crippen molar-refractivity contribution in [2.75, 3.05) is 0 Å². The van der Waals surface area contributed by atoms with Crippen molar-refractivity contribution >= 4 is 11.6 Å². The standard InChI is InChI=1S/C9BF5N3.Rb/c11-5-4(10(1-16,2-17)3-18)6(12)8(14)9(15)7(5)13;/q-1;+1. The molecule has 90 valence electrons. The van der Waals surface area contributed by atoms with Crippen LogP contribution in [0.1, 0.15) is 0 Å². The number of nitrogens with zero attached hydrogens (tertiary/aromatic N) is 3. The molecule has 0 atom stereocenters. The molecule has 19 heavy (non-hydrogen) atoms. The first-order valence-electron chi connectivity index (χ1n) is 4.27. The van der Waals surface area contributed by atoms with Crippen LogP contribution >= 0.6 is 0 Å². The molecule has 0 radical (unpaired) electrons. The molecule has 0 heterocycles. The van der Waals surface area contributed by atoms with Crippen molar-refractivity contribution in [2.45, 2.75) is 0 Å². The van der Waals surface area contributed by atoms with E-state index in [1.165, 1.54) is 0 Å². The predicted octanol–water partition coefficient (Wildman–Crippen LogP) is -1.77. The van der Waals surface area contributed by atoms with Crippen LogP contribution in [0.5, 0.6) is 0 Å². The van der Waals surface area contributed by atoms with Crippen molar-refractivity contribution in [1.82, 2.24) is 0 Å². The minimum atomic E-state index is -3.85. The molecule has 0 unspecified atom stereocenters. The normalized spacial score (nSPS) is 9.79. The molecular weight excluding hydrogens is 341 g/mol. The summed E-state index contributed by atoms with van der Waals surface area (Å²) in [5.74, 6) is -8.77. The van der Waals surface area contributed by atoms with Gasteiger partial charge in [-0.25, -0.2) is 37.7 Å². The van der Waals surface area contributed by atoms with E-state index in [1.807, 2.05) is 0 Å². The average molecular weight is 341 g/mol. The van der Waals surface area contributed by atoms with Gasteiger partial charge in [0.1, 0.15) is 11.6 Å². The maximum Gasteiger partial charge on any atom is 1.00 e. The topological polar surface area (TPSA) is 71.4 Å². The molecule has 1 aromatic carbocycles. The maximum absolute atomic E-state index is 13.3. The molecule has 0 aromatic heterocycles. The van der Waals surface area contributed by atoms with E-state index in [-0.39, 0.29) is 58.2 Å². The van der Waals surface area contributed by atoms with Crippen LogP contribution in [0.2, 0.25) is 0 Å². The molecule has 0 fully saturated rings. The zero-order valence-electron chi connectivity index (χ0n) is 9.31. The number of hydrogen-bond donors (Lipinski definition) is 0. The Bertz CT molecular complexity index is 593. The van der Waals surface area contributed by atoms with Gasteiger partial charge in [0, 0.05) is 0 Å². The largest absolute Gasteiger partial charge is 1.00 e. The summed E-state index contributed by atoms with van der Waals surface area (Å²) in [7, 11) is 0. The van der Waals surface area contributed by atoms with Crippen LogP contribution in [-0.2, 0) is 0 Å². The summed E-state index contributed by atoms with van der Waals surface area (Å²) in [6, 6.07) is 0. The molecule has 0 saturated heterocycles.